The predicted molar refractivity (Wildman–Crippen MR) is 90.7 cm³/mol. The van der Waals surface area contributed by atoms with Crippen molar-refractivity contribution < 1.29 is 14.7 Å². The van der Waals surface area contributed by atoms with Crippen LogP contribution >= 0.6 is 11.8 Å². The zero-order chi connectivity index (χ0) is 16.6. The van der Waals surface area contributed by atoms with E-state index in [2.05, 4.69) is 9.89 Å². The molecule has 0 aromatic carbocycles. The lowest BCUT2D eigenvalue weighted by atomic mass is 9.96. The number of aliphatic imine (C=N–C) groups is 1. The van der Waals surface area contributed by atoms with E-state index in [1.54, 1.807) is 11.8 Å². The largest absolute Gasteiger partial charge is 0.480 e. The van der Waals surface area contributed by atoms with Crippen LogP contribution in [-0.4, -0.2) is 68.4 Å². The van der Waals surface area contributed by atoms with E-state index in [0.717, 1.165) is 13.1 Å². The van der Waals surface area contributed by atoms with Gasteiger partial charge in [-0.25, -0.2) is 4.79 Å². The van der Waals surface area contributed by atoms with Gasteiger partial charge in [0.1, 0.15) is 11.4 Å². The Morgan fingerprint density at radius 3 is 2.48 bits per heavy atom. The smallest absolute Gasteiger partial charge is 0.327 e. The third kappa shape index (κ3) is 3.07. The van der Waals surface area contributed by atoms with Gasteiger partial charge < -0.3 is 14.9 Å². The van der Waals surface area contributed by atoms with Gasteiger partial charge in [-0.05, 0) is 26.7 Å². The number of nitrogens with zero attached hydrogens (tertiary/aromatic N) is 3. The summed E-state index contributed by atoms with van der Waals surface area (Å²) in [7, 11) is 0. The molecule has 7 heteroatoms. The van der Waals surface area contributed by atoms with Crippen LogP contribution in [0.2, 0.25) is 0 Å². The number of carboxylic acids is 1. The number of β-lactam (4-membered cyclic amide) rings is 1. The minimum Gasteiger partial charge on any atom is -0.480 e. The summed E-state index contributed by atoms with van der Waals surface area (Å²) in [5, 5.41) is 9.28. The zero-order valence-electron chi connectivity index (χ0n) is 13.8. The number of hydrogen-bond donors (Lipinski definition) is 1. The lowest BCUT2D eigenvalue weighted by Crippen LogP contribution is -2.65. The van der Waals surface area contributed by atoms with E-state index < -0.39 is 22.8 Å². The molecule has 0 aromatic heterocycles. The van der Waals surface area contributed by atoms with Crippen molar-refractivity contribution in [3.63, 3.8) is 0 Å². The van der Waals surface area contributed by atoms with Gasteiger partial charge in [0, 0.05) is 17.8 Å². The van der Waals surface area contributed by atoms with Crippen LogP contribution in [0.3, 0.4) is 0 Å². The first kappa shape index (κ1) is 16.6. The second kappa shape index (κ2) is 6.34. The van der Waals surface area contributed by atoms with Gasteiger partial charge in [0.2, 0.25) is 0 Å². The van der Waals surface area contributed by atoms with Crippen molar-refractivity contribution in [3.05, 3.63) is 0 Å². The Morgan fingerprint density at radius 1 is 1.26 bits per heavy atom. The topological polar surface area (TPSA) is 73.2 Å². The van der Waals surface area contributed by atoms with Crippen molar-refractivity contribution in [2.24, 2.45) is 4.99 Å². The standard InChI is InChI=1S/C16H25N3O3S/c1-16(2)12(15(21)22)19-13(20)11(14(19)23-16)17-10-18-8-6-4-3-5-7-9-18/h10-12,14H,3-9H2,1-2H3,(H,21,22)/t11?,12-,14+/m0/s1. The number of fused-ring (bicyclic) bond motifs is 1. The first-order valence-corrected chi connectivity index (χ1v) is 9.30. The van der Waals surface area contributed by atoms with Gasteiger partial charge in [0.25, 0.3) is 5.91 Å². The van der Waals surface area contributed by atoms with Crippen molar-refractivity contribution in [2.45, 2.75) is 68.2 Å². The minimum absolute atomic E-state index is 0.135. The molecule has 1 N–H and O–H groups in total. The van der Waals surface area contributed by atoms with E-state index in [1.165, 1.54) is 37.0 Å². The van der Waals surface area contributed by atoms with Gasteiger partial charge in [0.15, 0.2) is 6.04 Å². The van der Waals surface area contributed by atoms with E-state index in [-0.39, 0.29) is 11.3 Å². The Labute approximate surface area is 141 Å². The summed E-state index contributed by atoms with van der Waals surface area (Å²) in [4.78, 5) is 32.0. The average molecular weight is 339 g/mol. The molecule has 6 nitrogen and oxygen atoms in total. The first-order chi connectivity index (χ1) is 10.9. The molecule has 3 heterocycles. The fourth-order valence-electron chi connectivity index (χ4n) is 3.68. The highest BCUT2D eigenvalue weighted by Crippen LogP contribution is 2.51. The maximum Gasteiger partial charge on any atom is 0.327 e. The van der Waals surface area contributed by atoms with E-state index in [0.29, 0.717) is 0 Å². The third-order valence-electron chi connectivity index (χ3n) is 4.93. The molecule has 128 valence electrons. The van der Waals surface area contributed by atoms with Crippen LogP contribution in [0.5, 0.6) is 0 Å². The van der Waals surface area contributed by atoms with Crippen molar-refractivity contribution in [1.82, 2.24) is 9.80 Å². The van der Waals surface area contributed by atoms with Crippen molar-refractivity contribution in [3.8, 4) is 0 Å². The number of amides is 1. The summed E-state index contributed by atoms with van der Waals surface area (Å²) >= 11 is 1.55. The van der Waals surface area contributed by atoms with Crippen LogP contribution in [0.4, 0.5) is 0 Å². The predicted octanol–water partition coefficient (Wildman–Crippen LogP) is 1.80. The summed E-state index contributed by atoms with van der Waals surface area (Å²) in [6, 6.07) is -1.17. The Bertz CT molecular complexity index is 515. The Morgan fingerprint density at radius 2 is 1.87 bits per heavy atom. The van der Waals surface area contributed by atoms with Crippen LogP contribution in [0.15, 0.2) is 4.99 Å². The van der Waals surface area contributed by atoms with Crippen LogP contribution in [0.25, 0.3) is 0 Å². The maximum absolute atomic E-state index is 12.4. The van der Waals surface area contributed by atoms with Gasteiger partial charge >= 0.3 is 5.97 Å². The summed E-state index contributed by atoms with van der Waals surface area (Å²) < 4.78 is -0.475. The molecule has 1 amide bonds. The molecule has 0 saturated carbocycles. The average Bonchev–Trinajstić information content (AvgIpc) is 2.69. The summed E-state index contributed by atoms with van der Waals surface area (Å²) in [5.74, 6) is -1.08. The van der Waals surface area contributed by atoms with Gasteiger partial charge in [-0.1, -0.05) is 19.3 Å². The number of rotatable bonds is 3. The van der Waals surface area contributed by atoms with Crippen molar-refractivity contribution in [2.75, 3.05) is 13.1 Å². The molecule has 3 fully saturated rings. The molecule has 3 saturated heterocycles. The van der Waals surface area contributed by atoms with E-state index in [9.17, 15) is 14.7 Å². The van der Waals surface area contributed by atoms with Crippen molar-refractivity contribution >= 4 is 30.0 Å². The number of hydrogen-bond acceptors (Lipinski definition) is 4. The normalized spacial score (nSPS) is 34.0. The lowest BCUT2D eigenvalue weighted by molar-refractivity contribution is -0.158. The summed E-state index contributed by atoms with van der Waals surface area (Å²) in [5.41, 5.74) is 0. The van der Waals surface area contributed by atoms with Crippen LogP contribution in [-0.2, 0) is 9.59 Å². The first-order valence-electron chi connectivity index (χ1n) is 8.42. The monoisotopic (exact) mass is 339 g/mol. The number of carbonyl (C=O) groups is 2. The summed E-state index contributed by atoms with van der Waals surface area (Å²) in [6.07, 6.45) is 7.99. The molecular formula is C16H25N3O3S. The molecule has 0 bridgehead atoms. The number of thioether (sulfide) groups is 1. The summed E-state index contributed by atoms with van der Waals surface area (Å²) in [6.45, 7) is 5.77. The highest BCUT2D eigenvalue weighted by atomic mass is 32.2. The van der Waals surface area contributed by atoms with E-state index >= 15 is 0 Å². The van der Waals surface area contributed by atoms with Crippen molar-refractivity contribution in [1.29, 1.82) is 0 Å². The van der Waals surface area contributed by atoms with Gasteiger partial charge in [-0.15, -0.1) is 11.8 Å². The van der Waals surface area contributed by atoms with Crippen LogP contribution < -0.4 is 0 Å². The lowest BCUT2D eigenvalue weighted by Gasteiger charge is -2.41. The third-order valence-corrected chi connectivity index (χ3v) is 6.49. The molecular weight excluding hydrogens is 314 g/mol. The quantitative estimate of drug-likeness (QED) is 0.482. The molecule has 0 radical (unpaired) electrons. The second-order valence-electron chi connectivity index (χ2n) is 7.11. The van der Waals surface area contributed by atoms with Crippen LogP contribution in [0.1, 0.15) is 46.0 Å². The molecule has 0 aliphatic carbocycles. The zero-order valence-corrected chi connectivity index (χ0v) is 14.6. The molecule has 3 aliphatic rings. The molecule has 0 aromatic rings. The number of carbonyl (C=O) groups excluding carboxylic acids is 1. The number of likely N-dealkylation sites (tertiary alicyclic amines) is 1. The SMILES string of the molecule is CC1(C)S[C@@H]2C(N=CN3CCCCCCC3)C(=O)N2[C@H]1C(=O)O. The molecule has 3 atom stereocenters. The van der Waals surface area contributed by atoms with Gasteiger partial charge in [0.05, 0.1) is 6.34 Å². The van der Waals surface area contributed by atoms with Gasteiger partial charge in [-0.3, -0.25) is 9.79 Å². The fraction of sp³-hybridized carbons (Fsp3) is 0.812. The number of carboxylic acid groups (broad SMARTS) is 1. The Kier molecular flexibility index (Phi) is 4.58. The number of aliphatic carboxylic acids is 1. The molecule has 3 aliphatic heterocycles. The van der Waals surface area contributed by atoms with Crippen LogP contribution in [0, 0.1) is 0 Å². The fourth-order valence-corrected chi connectivity index (χ4v) is 5.30. The molecule has 23 heavy (non-hydrogen) atoms. The minimum atomic E-state index is -0.926. The molecule has 0 spiro atoms. The highest BCUT2D eigenvalue weighted by Gasteiger charge is 2.63. The van der Waals surface area contributed by atoms with Gasteiger partial charge in [-0.2, -0.15) is 0 Å². The molecule has 3 rings (SSSR count). The highest BCUT2D eigenvalue weighted by molar-refractivity contribution is 8.01. The van der Waals surface area contributed by atoms with E-state index in [4.69, 9.17) is 0 Å². The van der Waals surface area contributed by atoms with E-state index in [1.807, 2.05) is 20.2 Å². The Balaban J connectivity index is 1.65. The molecule has 1 unspecified atom stereocenters. The Hall–Kier alpha value is -1.24. The maximum atomic E-state index is 12.4. The second-order valence-corrected chi connectivity index (χ2v) is 8.88.